The van der Waals surface area contributed by atoms with Crippen molar-refractivity contribution in [2.75, 3.05) is 6.79 Å². The molecule has 3 unspecified atom stereocenters. The smallest absolute Gasteiger partial charge is 0.147 e. The van der Waals surface area contributed by atoms with Crippen molar-refractivity contribution in [3.8, 4) is 0 Å². The van der Waals surface area contributed by atoms with Crippen molar-refractivity contribution in [3.05, 3.63) is 48.0 Å². The van der Waals surface area contributed by atoms with E-state index in [0.29, 0.717) is 65.5 Å². The lowest BCUT2D eigenvalue weighted by atomic mass is 9.78. The SMILES string of the molecule is O=C1[C@H]2[C@H]3C4C5[C@H](C=C[C@@H]52)[C@@H]2C(=O)[C@H]5C(OCOCc6ccccc6)[C@@H]1[C@@H]3[C@@H]5[C@H]42. The summed E-state index contributed by atoms with van der Waals surface area (Å²) in [6, 6.07) is 10.0. The number of fused-ring (bicyclic) bond motifs is 2. The first-order valence-corrected chi connectivity index (χ1v) is 11.3. The first-order valence-electron chi connectivity index (χ1n) is 11.3. The Hall–Kier alpha value is -1.78. The van der Waals surface area contributed by atoms with E-state index in [1.807, 2.05) is 30.3 Å². The fourth-order valence-electron chi connectivity index (χ4n) is 9.86. The highest BCUT2D eigenvalue weighted by molar-refractivity contribution is 5.96. The van der Waals surface area contributed by atoms with Crippen LogP contribution < -0.4 is 0 Å². The molecular formula is C25H24O4. The standard InChI is InChI=1S/C25H24O4/c26-23-14-11-6-7-12-13(11)16-17(14)19-20-18(16)15(12)24(27)22(20)25(21(19)23)29-9-28-8-10-4-2-1-3-5-10/h1-7,11-22,25H,8-9H2/t11-,12-,13?,14-,15+,16?,17-,18-,19-,20-,21-,22+,25?/m0/s1. The molecule has 0 aromatic heterocycles. The highest BCUT2D eigenvalue weighted by Crippen LogP contribution is 2.82. The molecule has 148 valence electrons. The molecule has 0 N–H and O–H groups in total. The molecule has 0 amide bonds. The topological polar surface area (TPSA) is 52.6 Å². The van der Waals surface area contributed by atoms with E-state index in [9.17, 15) is 9.59 Å². The highest BCUT2D eigenvalue weighted by atomic mass is 16.7. The Bertz CT molecular complexity index is 916. The van der Waals surface area contributed by atoms with E-state index < -0.39 is 0 Å². The summed E-state index contributed by atoms with van der Waals surface area (Å²) >= 11 is 0. The van der Waals surface area contributed by atoms with Crippen LogP contribution in [-0.4, -0.2) is 24.5 Å². The van der Waals surface area contributed by atoms with Crippen molar-refractivity contribution in [2.24, 2.45) is 71.0 Å². The summed E-state index contributed by atoms with van der Waals surface area (Å²) < 4.78 is 12.0. The van der Waals surface area contributed by atoms with Crippen LogP contribution >= 0.6 is 0 Å². The maximum Gasteiger partial charge on any atom is 0.147 e. The summed E-state index contributed by atoms with van der Waals surface area (Å²) in [6.07, 6.45) is 4.37. The van der Waals surface area contributed by atoms with E-state index in [1.54, 1.807) is 0 Å². The van der Waals surface area contributed by atoms with Gasteiger partial charge in [-0.2, -0.15) is 0 Å². The van der Waals surface area contributed by atoms with Gasteiger partial charge in [0.25, 0.3) is 0 Å². The zero-order valence-electron chi connectivity index (χ0n) is 16.1. The number of carbonyl (C=O) groups excluding carboxylic acids is 2. The molecule has 1 aromatic rings. The second-order valence-electron chi connectivity index (χ2n) is 10.5. The minimum atomic E-state index is -0.254. The van der Waals surface area contributed by atoms with Crippen LogP contribution in [0.2, 0.25) is 0 Å². The number of benzene rings is 1. The predicted molar refractivity (Wildman–Crippen MR) is 102 cm³/mol. The molecule has 4 heteroatoms. The first-order chi connectivity index (χ1) is 14.3. The lowest BCUT2D eigenvalue weighted by molar-refractivity contribution is -0.149. The Balaban J connectivity index is 1.11. The molecule has 4 nitrogen and oxygen atoms in total. The molecule has 8 rings (SSSR count). The first kappa shape index (κ1) is 16.0. The Morgan fingerprint density at radius 2 is 1.28 bits per heavy atom. The normalized spacial score (nSPS) is 55.8. The zero-order chi connectivity index (χ0) is 19.0. The summed E-state index contributed by atoms with van der Waals surface area (Å²) in [5.74, 6) is 5.01. The second-order valence-corrected chi connectivity index (χ2v) is 10.5. The molecule has 0 heterocycles. The van der Waals surface area contributed by atoms with Crippen LogP contribution in [0.1, 0.15) is 5.56 Å². The summed E-state index contributed by atoms with van der Waals surface area (Å²) in [7, 11) is 0. The Morgan fingerprint density at radius 3 is 1.90 bits per heavy atom. The summed E-state index contributed by atoms with van der Waals surface area (Å²) in [6.45, 7) is 0.653. The van der Waals surface area contributed by atoms with Crippen molar-refractivity contribution in [1.82, 2.24) is 0 Å². The lowest BCUT2D eigenvalue weighted by Crippen LogP contribution is -2.39. The highest BCUT2D eigenvalue weighted by Gasteiger charge is 2.85. The van der Waals surface area contributed by atoms with Crippen LogP contribution in [0.25, 0.3) is 0 Å². The maximum absolute atomic E-state index is 13.6. The van der Waals surface area contributed by atoms with Crippen LogP contribution in [0.3, 0.4) is 0 Å². The number of ether oxygens (including phenoxy) is 2. The van der Waals surface area contributed by atoms with Crippen LogP contribution in [0.5, 0.6) is 0 Å². The molecule has 29 heavy (non-hydrogen) atoms. The van der Waals surface area contributed by atoms with Gasteiger partial charge in [-0.3, -0.25) is 9.59 Å². The fourth-order valence-corrected chi connectivity index (χ4v) is 9.86. The van der Waals surface area contributed by atoms with Gasteiger partial charge in [0.15, 0.2) is 0 Å². The van der Waals surface area contributed by atoms with E-state index >= 15 is 0 Å². The van der Waals surface area contributed by atoms with Crippen LogP contribution in [0.15, 0.2) is 42.5 Å². The molecule has 7 aliphatic carbocycles. The number of hydrogen-bond acceptors (Lipinski definition) is 4. The Kier molecular flexibility index (Phi) is 2.81. The summed E-state index contributed by atoms with van der Waals surface area (Å²) in [5, 5.41) is 0. The maximum atomic E-state index is 13.6. The molecule has 0 saturated heterocycles. The number of Topliss-reactive ketones (excluding diaryl/α,β-unsaturated/α-hetero) is 2. The molecule has 7 aliphatic rings. The van der Waals surface area contributed by atoms with E-state index in [4.69, 9.17) is 9.47 Å². The average Bonchev–Trinajstić information content (AvgIpc) is 3.51. The van der Waals surface area contributed by atoms with Crippen molar-refractivity contribution in [3.63, 3.8) is 0 Å². The van der Waals surface area contributed by atoms with Gasteiger partial charge in [-0.05, 0) is 52.9 Å². The number of carbonyl (C=O) groups is 2. The Morgan fingerprint density at radius 1 is 0.690 bits per heavy atom. The largest absolute Gasteiger partial charge is 0.351 e. The number of allylic oxidation sites excluding steroid dienone is 2. The number of ketones is 2. The molecule has 0 aliphatic heterocycles. The van der Waals surface area contributed by atoms with Gasteiger partial charge >= 0.3 is 0 Å². The molecule has 13 atom stereocenters. The molecule has 6 saturated carbocycles. The molecular weight excluding hydrogens is 364 g/mol. The molecule has 6 fully saturated rings. The number of rotatable bonds is 5. The zero-order valence-corrected chi connectivity index (χ0v) is 16.1. The van der Waals surface area contributed by atoms with Crippen molar-refractivity contribution in [1.29, 1.82) is 0 Å². The predicted octanol–water partition coefficient (Wildman–Crippen LogP) is 2.73. The van der Waals surface area contributed by atoms with E-state index in [-0.39, 0.29) is 36.6 Å². The van der Waals surface area contributed by atoms with Gasteiger partial charge in [-0.1, -0.05) is 42.5 Å². The lowest BCUT2D eigenvalue weighted by Gasteiger charge is -2.28. The van der Waals surface area contributed by atoms with Crippen LogP contribution in [0.4, 0.5) is 0 Å². The van der Waals surface area contributed by atoms with E-state index in [0.717, 1.165) is 5.56 Å². The van der Waals surface area contributed by atoms with Crippen LogP contribution in [-0.2, 0) is 25.7 Å². The van der Waals surface area contributed by atoms with Gasteiger partial charge in [0.2, 0.25) is 0 Å². The minimum Gasteiger partial charge on any atom is -0.351 e. The summed E-state index contributed by atoms with van der Waals surface area (Å²) in [4.78, 5) is 27.1. The molecule has 0 spiro atoms. The average molecular weight is 388 g/mol. The van der Waals surface area contributed by atoms with Gasteiger partial charge in [0, 0.05) is 23.7 Å². The van der Waals surface area contributed by atoms with Crippen LogP contribution in [0, 0.1) is 71.0 Å². The molecule has 0 bridgehead atoms. The van der Waals surface area contributed by atoms with Crippen molar-refractivity contribution in [2.45, 2.75) is 12.7 Å². The molecule has 1 aromatic carbocycles. The monoisotopic (exact) mass is 388 g/mol. The third-order valence-corrected chi connectivity index (χ3v) is 10.1. The second kappa shape index (κ2) is 5.09. The minimum absolute atomic E-state index is 0.0655. The Labute approximate surface area is 169 Å². The third kappa shape index (κ3) is 1.59. The van der Waals surface area contributed by atoms with E-state index in [1.165, 1.54) is 0 Å². The summed E-state index contributed by atoms with van der Waals surface area (Å²) in [5.41, 5.74) is 1.11. The number of hydrogen-bond donors (Lipinski definition) is 0. The third-order valence-electron chi connectivity index (χ3n) is 10.1. The van der Waals surface area contributed by atoms with Gasteiger partial charge < -0.3 is 9.47 Å². The fraction of sp³-hybridized carbons (Fsp3) is 0.600. The quantitative estimate of drug-likeness (QED) is 0.442. The van der Waals surface area contributed by atoms with Gasteiger partial charge in [0.05, 0.1) is 12.7 Å². The van der Waals surface area contributed by atoms with E-state index in [2.05, 4.69) is 12.2 Å². The van der Waals surface area contributed by atoms with Gasteiger partial charge in [0.1, 0.15) is 18.4 Å². The van der Waals surface area contributed by atoms with Crippen molar-refractivity contribution >= 4 is 11.6 Å². The van der Waals surface area contributed by atoms with Gasteiger partial charge in [-0.15, -0.1) is 0 Å². The van der Waals surface area contributed by atoms with Gasteiger partial charge in [-0.25, -0.2) is 0 Å². The molecule has 0 radical (unpaired) electrons. The van der Waals surface area contributed by atoms with Crippen molar-refractivity contribution < 1.29 is 19.1 Å².